The number of nitrogens with zero attached hydrogens (tertiary/aromatic N) is 1. The van der Waals surface area contributed by atoms with Gasteiger partial charge >= 0.3 is 0 Å². The first-order valence-corrected chi connectivity index (χ1v) is 6.77. The van der Waals surface area contributed by atoms with Gasteiger partial charge in [0.1, 0.15) is 0 Å². The van der Waals surface area contributed by atoms with Crippen molar-refractivity contribution in [1.82, 2.24) is 0 Å². The van der Waals surface area contributed by atoms with Crippen LogP contribution in [-0.2, 0) is 11.2 Å². The molecule has 0 radical (unpaired) electrons. The Morgan fingerprint density at radius 1 is 1.19 bits per heavy atom. The molecule has 3 rings (SSSR count). The van der Waals surface area contributed by atoms with E-state index in [-0.39, 0.29) is 11.7 Å². The highest BCUT2D eigenvalue weighted by Crippen LogP contribution is 2.29. The average molecular weight is 280 g/mol. The number of likely N-dealkylation sites (N-methyl/N-ethyl adjacent to an activating group) is 1. The minimum absolute atomic E-state index is 0.0507. The number of nitrogens with two attached hydrogens (primary N) is 1. The van der Waals surface area contributed by atoms with E-state index in [1.807, 2.05) is 25.1 Å². The van der Waals surface area contributed by atoms with Crippen LogP contribution in [0.2, 0.25) is 0 Å². The summed E-state index contributed by atoms with van der Waals surface area (Å²) in [5, 5.41) is 0. The van der Waals surface area contributed by atoms with Crippen LogP contribution in [0.15, 0.2) is 36.4 Å². The summed E-state index contributed by atoms with van der Waals surface area (Å²) in [5.74, 6) is -0.0145. The number of hydrogen-bond acceptors (Lipinski definition) is 3. The zero-order valence-corrected chi connectivity index (χ0v) is 12.0. The van der Waals surface area contributed by atoms with Crippen molar-refractivity contribution in [2.24, 2.45) is 0 Å². The highest BCUT2D eigenvalue weighted by Gasteiger charge is 2.25. The molecule has 0 saturated heterocycles. The van der Waals surface area contributed by atoms with Crippen molar-refractivity contribution in [3.05, 3.63) is 58.7 Å². The molecule has 0 atom stereocenters. The van der Waals surface area contributed by atoms with Gasteiger partial charge in [-0.05, 0) is 48.4 Å². The Morgan fingerprint density at radius 3 is 2.71 bits per heavy atom. The molecule has 0 aromatic heterocycles. The number of aryl methyl sites for hydroxylation is 1. The van der Waals surface area contributed by atoms with E-state index < -0.39 is 0 Å². The molecule has 106 valence electrons. The number of benzene rings is 2. The van der Waals surface area contributed by atoms with Crippen LogP contribution in [0.1, 0.15) is 27.0 Å². The zero-order chi connectivity index (χ0) is 15.1. The molecular weight excluding hydrogens is 264 g/mol. The molecule has 0 bridgehead atoms. The quantitative estimate of drug-likeness (QED) is 0.678. The molecule has 0 unspecified atom stereocenters. The molecule has 1 heterocycles. The molecular formula is C17H16N2O2. The molecule has 1 aliphatic heterocycles. The summed E-state index contributed by atoms with van der Waals surface area (Å²) in [6.07, 6.45) is 0.350. The van der Waals surface area contributed by atoms with Gasteiger partial charge in [0, 0.05) is 29.5 Å². The van der Waals surface area contributed by atoms with E-state index in [0.29, 0.717) is 23.2 Å². The Labute approximate surface area is 123 Å². The SMILES string of the molecule is Cc1ccc(N)cc1C(=O)c1ccc2c(c1)CC(=O)N2C. The number of amides is 1. The second-order valence-electron chi connectivity index (χ2n) is 5.38. The lowest BCUT2D eigenvalue weighted by molar-refractivity contribution is -0.117. The summed E-state index contributed by atoms with van der Waals surface area (Å²) in [4.78, 5) is 26.0. The van der Waals surface area contributed by atoms with Gasteiger partial charge in [-0.2, -0.15) is 0 Å². The van der Waals surface area contributed by atoms with Crippen molar-refractivity contribution < 1.29 is 9.59 Å². The third-order valence-electron chi connectivity index (χ3n) is 3.93. The van der Waals surface area contributed by atoms with Crippen LogP contribution in [0.3, 0.4) is 0 Å². The summed E-state index contributed by atoms with van der Waals surface area (Å²) in [6.45, 7) is 1.89. The van der Waals surface area contributed by atoms with E-state index in [9.17, 15) is 9.59 Å². The summed E-state index contributed by atoms with van der Waals surface area (Å²) < 4.78 is 0. The van der Waals surface area contributed by atoms with Gasteiger partial charge in [-0.15, -0.1) is 0 Å². The van der Waals surface area contributed by atoms with Crippen LogP contribution in [0.5, 0.6) is 0 Å². The van der Waals surface area contributed by atoms with Gasteiger partial charge in [0.15, 0.2) is 5.78 Å². The first-order valence-electron chi connectivity index (χ1n) is 6.77. The number of nitrogen functional groups attached to an aromatic ring is 1. The maximum Gasteiger partial charge on any atom is 0.231 e. The molecule has 2 aromatic carbocycles. The third kappa shape index (κ3) is 2.18. The molecule has 1 amide bonds. The highest BCUT2D eigenvalue weighted by molar-refractivity contribution is 6.11. The van der Waals surface area contributed by atoms with Gasteiger partial charge in [-0.1, -0.05) is 6.07 Å². The van der Waals surface area contributed by atoms with Crippen molar-refractivity contribution in [1.29, 1.82) is 0 Å². The average Bonchev–Trinajstić information content (AvgIpc) is 2.75. The van der Waals surface area contributed by atoms with Gasteiger partial charge < -0.3 is 10.6 Å². The van der Waals surface area contributed by atoms with Gasteiger partial charge in [0.05, 0.1) is 6.42 Å². The second kappa shape index (κ2) is 4.74. The molecule has 0 spiro atoms. The summed E-state index contributed by atoms with van der Waals surface area (Å²) in [6, 6.07) is 10.7. The summed E-state index contributed by atoms with van der Waals surface area (Å²) in [7, 11) is 1.75. The van der Waals surface area contributed by atoms with Gasteiger partial charge in [0.25, 0.3) is 0 Å². The maximum absolute atomic E-state index is 12.6. The number of rotatable bonds is 2. The van der Waals surface area contributed by atoms with Crippen LogP contribution >= 0.6 is 0 Å². The number of ketones is 1. The Hall–Kier alpha value is -2.62. The number of carbonyl (C=O) groups excluding carboxylic acids is 2. The van der Waals surface area contributed by atoms with Crippen LogP contribution < -0.4 is 10.6 Å². The molecule has 4 nitrogen and oxygen atoms in total. The van der Waals surface area contributed by atoms with E-state index in [0.717, 1.165) is 16.8 Å². The molecule has 4 heteroatoms. The number of anilines is 2. The number of fused-ring (bicyclic) bond motifs is 1. The van der Waals surface area contributed by atoms with E-state index in [4.69, 9.17) is 5.73 Å². The maximum atomic E-state index is 12.6. The van der Waals surface area contributed by atoms with Gasteiger partial charge in [-0.25, -0.2) is 0 Å². The largest absolute Gasteiger partial charge is 0.399 e. The molecule has 2 aromatic rings. The zero-order valence-electron chi connectivity index (χ0n) is 12.0. The predicted molar refractivity (Wildman–Crippen MR) is 82.6 cm³/mol. The monoisotopic (exact) mass is 280 g/mol. The van der Waals surface area contributed by atoms with Crippen LogP contribution in [0.25, 0.3) is 0 Å². The van der Waals surface area contributed by atoms with E-state index in [1.54, 1.807) is 30.1 Å². The van der Waals surface area contributed by atoms with Crippen molar-refractivity contribution in [3.8, 4) is 0 Å². The number of hydrogen-bond donors (Lipinski definition) is 1. The fourth-order valence-electron chi connectivity index (χ4n) is 2.65. The van der Waals surface area contributed by atoms with E-state index >= 15 is 0 Å². The molecule has 1 aliphatic rings. The lowest BCUT2D eigenvalue weighted by Gasteiger charge is -2.11. The van der Waals surface area contributed by atoms with Crippen molar-refractivity contribution in [2.75, 3.05) is 17.7 Å². The van der Waals surface area contributed by atoms with Gasteiger partial charge in [-0.3, -0.25) is 9.59 Å². The van der Waals surface area contributed by atoms with Gasteiger partial charge in [0.2, 0.25) is 5.91 Å². The van der Waals surface area contributed by atoms with E-state index in [1.165, 1.54) is 0 Å². The third-order valence-corrected chi connectivity index (χ3v) is 3.93. The van der Waals surface area contributed by atoms with Crippen molar-refractivity contribution in [3.63, 3.8) is 0 Å². The highest BCUT2D eigenvalue weighted by atomic mass is 16.2. The molecule has 21 heavy (non-hydrogen) atoms. The molecule has 0 aliphatic carbocycles. The molecule has 0 saturated carbocycles. The first-order chi connectivity index (χ1) is 9.97. The Balaban J connectivity index is 2.02. The summed E-state index contributed by atoms with van der Waals surface area (Å²) >= 11 is 0. The lowest BCUT2D eigenvalue weighted by Crippen LogP contribution is -2.20. The van der Waals surface area contributed by atoms with E-state index in [2.05, 4.69) is 0 Å². The fraction of sp³-hybridized carbons (Fsp3) is 0.176. The Morgan fingerprint density at radius 2 is 1.95 bits per heavy atom. The normalized spacial score (nSPS) is 13.4. The first kappa shape index (κ1) is 13.4. The standard InChI is InChI=1S/C17H16N2O2/c1-10-3-5-13(18)9-14(10)17(21)11-4-6-15-12(7-11)8-16(20)19(15)2/h3-7,9H,8,18H2,1-2H3. The van der Waals surface area contributed by atoms with Crippen molar-refractivity contribution in [2.45, 2.75) is 13.3 Å². The smallest absolute Gasteiger partial charge is 0.231 e. The van der Waals surface area contributed by atoms with Crippen LogP contribution in [0.4, 0.5) is 11.4 Å². The summed E-state index contributed by atoms with van der Waals surface area (Å²) in [5.41, 5.74) is 10.2. The topological polar surface area (TPSA) is 63.4 Å². The van der Waals surface area contributed by atoms with Crippen molar-refractivity contribution >= 4 is 23.1 Å². The minimum atomic E-state index is -0.0652. The lowest BCUT2D eigenvalue weighted by atomic mass is 9.97. The fourth-order valence-corrected chi connectivity index (χ4v) is 2.65. The Kier molecular flexibility index (Phi) is 3.01. The van der Waals surface area contributed by atoms with Crippen LogP contribution in [-0.4, -0.2) is 18.7 Å². The predicted octanol–water partition coefficient (Wildman–Crippen LogP) is 2.33. The second-order valence-corrected chi connectivity index (χ2v) is 5.38. The minimum Gasteiger partial charge on any atom is -0.399 e. The number of carbonyl (C=O) groups is 2. The molecule has 2 N–H and O–H groups in total. The Bertz CT molecular complexity index is 765. The molecule has 0 fully saturated rings. The van der Waals surface area contributed by atoms with Crippen LogP contribution in [0, 0.1) is 6.92 Å².